The number of amides is 1. The van der Waals surface area contributed by atoms with Crippen molar-refractivity contribution in [3.05, 3.63) is 71.3 Å². The first-order chi connectivity index (χ1) is 16.5. The third kappa shape index (κ3) is 6.57. The lowest BCUT2D eigenvalue weighted by molar-refractivity contribution is -0.137. The molecule has 0 aromatic heterocycles. The summed E-state index contributed by atoms with van der Waals surface area (Å²) in [7, 11) is 0. The van der Waals surface area contributed by atoms with Crippen LogP contribution in [0.25, 0.3) is 0 Å². The molecule has 0 heterocycles. The lowest BCUT2D eigenvalue weighted by Gasteiger charge is -2.45. The predicted molar refractivity (Wildman–Crippen MR) is 130 cm³/mol. The van der Waals surface area contributed by atoms with Crippen molar-refractivity contribution in [3.8, 4) is 0 Å². The molecule has 0 bridgehead atoms. The van der Waals surface area contributed by atoms with E-state index in [1.807, 2.05) is 43.9 Å². The van der Waals surface area contributed by atoms with Crippen LogP contribution in [0, 0.1) is 5.41 Å². The first-order valence-electron chi connectivity index (χ1n) is 12.4. The fourth-order valence-electron chi connectivity index (χ4n) is 4.93. The number of nitrogens with zero attached hydrogens (tertiary/aromatic N) is 1. The van der Waals surface area contributed by atoms with Crippen molar-refractivity contribution in [3.63, 3.8) is 0 Å². The number of carbonyl (C=O) groups excluding carboxylic acids is 1. The van der Waals surface area contributed by atoms with Gasteiger partial charge in [-0.1, -0.05) is 48.9 Å². The van der Waals surface area contributed by atoms with Crippen LogP contribution in [0.5, 0.6) is 0 Å². The molecule has 2 atom stereocenters. The predicted octanol–water partition coefficient (Wildman–Crippen LogP) is 6.76. The molecule has 4 rings (SSSR count). The fourth-order valence-corrected chi connectivity index (χ4v) is 4.93. The van der Waals surface area contributed by atoms with Gasteiger partial charge < -0.3 is 15.0 Å². The molecular weight excluding hydrogens is 453 g/mol. The van der Waals surface area contributed by atoms with Crippen molar-refractivity contribution in [2.24, 2.45) is 5.41 Å². The number of nitrogens with one attached hydrogen (secondary N) is 1. The quantitative estimate of drug-likeness (QED) is 0.446. The molecule has 2 aromatic rings. The van der Waals surface area contributed by atoms with E-state index in [4.69, 9.17) is 4.74 Å². The topological polar surface area (TPSA) is 41.6 Å². The third-order valence-corrected chi connectivity index (χ3v) is 7.04. The van der Waals surface area contributed by atoms with Gasteiger partial charge in [0, 0.05) is 37.0 Å². The normalized spacial score (nSPS) is 21.2. The van der Waals surface area contributed by atoms with Gasteiger partial charge in [-0.15, -0.1) is 0 Å². The Morgan fingerprint density at radius 2 is 1.71 bits per heavy atom. The van der Waals surface area contributed by atoms with Gasteiger partial charge in [-0.3, -0.25) is 0 Å². The second kappa shape index (κ2) is 9.84. The minimum Gasteiger partial charge on any atom is -0.444 e. The smallest absolute Gasteiger partial charge is 0.416 e. The summed E-state index contributed by atoms with van der Waals surface area (Å²) >= 11 is 0. The molecule has 1 N–H and O–H groups in total. The lowest BCUT2D eigenvalue weighted by atomic mass is 9.68. The number of hydrogen-bond acceptors (Lipinski definition) is 3. The van der Waals surface area contributed by atoms with E-state index in [-0.39, 0.29) is 17.6 Å². The summed E-state index contributed by atoms with van der Waals surface area (Å²) in [5.74, 6) is 0.320. The largest absolute Gasteiger partial charge is 0.444 e. The SMILES string of the molecule is CC(C)(C)OC(=O)N(CC1(CNCc2ccc(C(F)(F)F)cc2)CCC1)C1CC1c1ccccc1. The minimum absolute atomic E-state index is 0.0490. The van der Waals surface area contributed by atoms with E-state index in [1.54, 1.807) is 0 Å². The van der Waals surface area contributed by atoms with Crippen molar-refractivity contribution in [1.82, 2.24) is 10.2 Å². The van der Waals surface area contributed by atoms with Crippen LogP contribution in [0.2, 0.25) is 0 Å². The third-order valence-electron chi connectivity index (χ3n) is 7.04. The number of hydrogen-bond donors (Lipinski definition) is 1. The van der Waals surface area contributed by atoms with Crippen molar-refractivity contribution in [1.29, 1.82) is 0 Å². The van der Waals surface area contributed by atoms with Crippen LogP contribution < -0.4 is 5.32 Å². The van der Waals surface area contributed by atoms with Gasteiger partial charge >= 0.3 is 12.3 Å². The second-order valence-corrected chi connectivity index (χ2v) is 11.1. The average Bonchev–Trinajstić information content (AvgIpc) is 3.54. The zero-order valence-corrected chi connectivity index (χ0v) is 20.7. The van der Waals surface area contributed by atoms with Gasteiger partial charge in [-0.05, 0) is 63.3 Å². The van der Waals surface area contributed by atoms with E-state index >= 15 is 0 Å². The van der Waals surface area contributed by atoms with Gasteiger partial charge in [0.1, 0.15) is 5.60 Å². The maximum atomic E-state index is 13.2. The van der Waals surface area contributed by atoms with E-state index in [9.17, 15) is 18.0 Å². The molecule has 2 fully saturated rings. The number of halogens is 3. The minimum atomic E-state index is -4.33. The maximum Gasteiger partial charge on any atom is 0.416 e. The number of benzene rings is 2. The lowest BCUT2D eigenvalue weighted by Crippen LogP contribution is -2.51. The fraction of sp³-hybridized carbons (Fsp3) is 0.536. The number of alkyl halides is 3. The van der Waals surface area contributed by atoms with Crippen molar-refractivity contribution >= 4 is 6.09 Å². The van der Waals surface area contributed by atoms with Gasteiger partial charge in [-0.25, -0.2) is 4.79 Å². The Labute approximate surface area is 205 Å². The molecule has 1 amide bonds. The van der Waals surface area contributed by atoms with E-state index in [1.165, 1.54) is 17.7 Å². The van der Waals surface area contributed by atoms with Gasteiger partial charge in [0.15, 0.2) is 0 Å². The maximum absolute atomic E-state index is 13.2. The molecule has 35 heavy (non-hydrogen) atoms. The molecule has 0 radical (unpaired) electrons. The van der Waals surface area contributed by atoms with Crippen LogP contribution in [0.15, 0.2) is 54.6 Å². The Bertz CT molecular complexity index is 996. The Morgan fingerprint density at radius 3 is 2.26 bits per heavy atom. The van der Waals surface area contributed by atoms with E-state index in [0.29, 0.717) is 25.6 Å². The van der Waals surface area contributed by atoms with Crippen LogP contribution >= 0.6 is 0 Å². The van der Waals surface area contributed by atoms with Gasteiger partial charge in [0.2, 0.25) is 0 Å². The molecule has 2 unspecified atom stereocenters. The van der Waals surface area contributed by atoms with Crippen molar-refractivity contribution in [2.45, 2.75) is 76.7 Å². The van der Waals surface area contributed by atoms with Crippen molar-refractivity contribution < 1.29 is 22.7 Å². The molecule has 2 saturated carbocycles. The van der Waals surface area contributed by atoms with Crippen LogP contribution in [-0.4, -0.2) is 35.7 Å². The summed E-state index contributed by atoms with van der Waals surface area (Å²) in [6.45, 7) is 7.47. The van der Waals surface area contributed by atoms with Crippen molar-refractivity contribution in [2.75, 3.05) is 13.1 Å². The zero-order valence-electron chi connectivity index (χ0n) is 20.7. The Morgan fingerprint density at radius 1 is 1.06 bits per heavy atom. The summed E-state index contributed by atoms with van der Waals surface area (Å²) in [5, 5.41) is 3.44. The Kier molecular flexibility index (Phi) is 7.18. The van der Waals surface area contributed by atoms with Gasteiger partial charge in [0.25, 0.3) is 0 Å². The average molecular weight is 489 g/mol. The summed E-state index contributed by atoms with van der Waals surface area (Å²) in [4.78, 5) is 15.2. The standard InChI is InChI=1S/C28H35F3N2O2/c1-26(2,3)35-25(34)33(24-16-23(24)21-8-5-4-6-9-21)19-27(14-7-15-27)18-32-17-20-10-12-22(13-11-20)28(29,30)31/h4-6,8-13,23-24,32H,7,14-19H2,1-3H3. The summed E-state index contributed by atoms with van der Waals surface area (Å²) < 4.78 is 44.2. The molecule has 0 aliphatic heterocycles. The van der Waals surface area contributed by atoms with Crippen LogP contribution in [0.1, 0.15) is 69.1 Å². The molecule has 4 nitrogen and oxygen atoms in total. The molecule has 2 aliphatic carbocycles. The molecule has 0 saturated heterocycles. The molecule has 0 spiro atoms. The van der Waals surface area contributed by atoms with Crippen LogP contribution in [0.3, 0.4) is 0 Å². The first kappa shape index (κ1) is 25.5. The molecule has 2 aromatic carbocycles. The monoisotopic (exact) mass is 488 g/mol. The van der Waals surface area contributed by atoms with E-state index in [2.05, 4.69) is 17.4 Å². The van der Waals surface area contributed by atoms with E-state index in [0.717, 1.165) is 43.4 Å². The summed E-state index contributed by atoms with van der Waals surface area (Å²) in [6.07, 6.45) is -0.540. The highest BCUT2D eigenvalue weighted by atomic mass is 19.4. The zero-order chi connectivity index (χ0) is 25.3. The van der Waals surface area contributed by atoms with E-state index < -0.39 is 17.3 Å². The van der Waals surface area contributed by atoms with Crippen LogP contribution in [-0.2, 0) is 17.5 Å². The molecular formula is C28H35F3N2O2. The molecule has 7 heteroatoms. The summed E-state index contributed by atoms with van der Waals surface area (Å²) in [6, 6.07) is 15.7. The first-order valence-corrected chi connectivity index (χ1v) is 12.4. The van der Waals surface area contributed by atoms with Gasteiger partial charge in [0.05, 0.1) is 5.56 Å². The van der Waals surface area contributed by atoms with Gasteiger partial charge in [-0.2, -0.15) is 13.2 Å². The molecule has 190 valence electrons. The second-order valence-electron chi connectivity index (χ2n) is 11.1. The highest BCUT2D eigenvalue weighted by molar-refractivity contribution is 5.69. The Balaban J connectivity index is 1.40. The highest BCUT2D eigenvalue weighted by Crippen LogP contribution is 2.49. The number of carbonyl (C=O) groups is 1. The van der Waals surface area contributed by atoms with Crippen LogP contribution in [0.4, 0.5) is 18.0 Å². The molecule has 2 aliphatic rings. The number of rotatable bonds is 8. The Hall–Kier alpha value is -2.54. The summed E-state index contributed by atoms with van der Waals surface area (Å²) in [5.41, 5.74) is 0.797. The highest BCUT2D eigenvalue weighted by Gasteiger charge is 2.49. The number of ether oxygens (including phenoxy) is 1.